The number of fused-ring (bicyclic) bond motifs is 1. The van der Waals surface area contributed by atoms with Crippen LogP contribution >= 0.6 is 10.8 Å². The Bertz CT molecular complexity index is 804. The molecule has 0 radical (unpaired) electrons. The van der Waals surface area contributed by atoms with Crippen LogP contribution in [0.3, 0.4) is 0 Å². The number of anilines is 2. The lowest BCUT2D eigenvalue weighted by Crippen LogP contribution is -2.38. The van der Waals surface area contributed by atoms with E-state index in [0.717, 1.165) is 10.4 Å². The number of rotatable bonds is 5. The van der Waals surface area contributed by atoms with E-state index in [2.05, 4.69) is 5.32 Å². The van der Waals surface area contributed by atoms with Crippen LogP contribution in [-0.2, 0) is 6.42 Å². The van der Waals surface area contributed by atoms with Crippen molar-refractivity contribution < 1.29 is 22.3 Å². The molecule has 0 bridgehead atoms. The summed E-state index contributed by atoms with van der Waals surface area (Å²) in [4.78, 5) is 0. The SMILES string of the molecule is CNCCCC1Cc2cc(F)ccc2N(c2ccc(F)cc2F)S1(O)O. The minimum atomic E-state index is -3.44. The molecule has 4 nitrogen and oxygen atoms in total. The van der Waals surface area contributed by atoms with Crippen molar-refractivity contribution in [1.82, 2.24) is 5.32 Å². The number of hydrogen-bond acceptors (Lipinski definition) is 4. The van der Waals surface area contributed by atoms with Gasteiger partial charge in [-0.3, -0.25) is 9.11 Å². The number of benzene rings is 2. The van der Waals surface area contributed by atoms with E-state index in [1.165, 1.54) is 24.3 Å². The van der Waals surface area contributed by atoms with Crippen LogP contribution < -0.4 is 9.62 Å². The molecular weight excluding hydrogens is 365 g/mol. The minimum absolute atomic E-state index is 0.141. The molecule has 8 heteroatoms. The van der Waals surface area contributed by atoms with E-state index >= 15 is 0 Å². The summed E-state index contributed by atoms with van der Waals surface area (Å²) in [5.74, 6) is -2.11. The molecule has 1 heterocycles. The summed E-state index contributed by atoms with van der Waals surface area (Å²) >= 11 is 0. The first-order valence-corrected chi connectivity index (χ1v) is 9.86. The molecule has 1 aliphatic heterocycles. The van der Waals surface area contributed by atoms with Crippen molar-refractivity contribution in [2.75, 3.05) is 17.9 Å². The van der Waals surface area contributed by atoms with Crippen molar-refractivity contribution in [1.29, 1.82) is 0 Å². The van der Waals surface area contributed by atoms with Crippen molar-refractivity contribution in [2.45, 2.75) is 24.5 Å². The van der Waals surface area contributed by atoms with Crippen molar-refractivity contribution in [3.63, 3.8) is 0 Å². The van der Waals surface area contributed by atoms with Crippen molar-refractivity contribution >= 4 is 22.2 Å². The first kappa shape index (κ1) is 19.0. The number of nitrogens with one attached hydrogen (secondary N) is 1. The van der Waals surface area contributed by atoms with Gasteiger partial charge in [0.1, 0.15) is 11.6 Å². The van der Waals surface area contributed by atoms with Gasteiger partial charge in [-0.05, 0) is 68.8 Å². The Balaban J connectivity index is 2.09. The molecule has 0 saturated heterocycles. The van der Waals surface area contributed by atoms with Crippen LogP contribution in [0.15, 0.2) is 36.4 Å². The van der Waals surface area contributed by atoms with Gasteiger partial charge in [-0.15, -0.1) is 10.8 Å². The molecule has 0 spiro atoms. The highest BCUT2D eigenvalue weighted by Gasteiger charge is 2.40. The lowest BCUT2D eigenvalue weighted by Gasteiger charge is -2.53. The summed E-state index contributed by atoms with van der Waals surface area (Å²) < 4.78 is 64.4. The highest BCUT2D eigenvalue weighted by molar-refractivity contribution is 8.26. The molecule has 3 rings (SSSR count). The summed E-state index contributed by atoms with van der Waals surface area (Å²) in [5, 5.41) is 2.40. The van der Waals surface area contributed by atoms with Gasteiger partial charge < -0.3 is 5.32 Å². The molecule has 142 valence electrons. The largest absolute Gasteiger partial charge is 0.320 e. The molecule has 0 saturated carbocycles. The van der Waals surface area contributed by atoms with E-state index in [1.54, 1.807) is 7.05 Å². The van der Waals surface area contributed by atoms with Gasteiger partial charge in [0, 0.05) is 6.07 Å². The van der Waals surface area contributed by atoms with Crippen LogP contribution in [0.25, 0.3) is 0 Å². The van der Waals surface area contributed by atoms with E-state index in [4.69, 9.17) is 0 Å². The Morgan fingerprint density at radius 1 is 1.08 bits per heavy atom. The minimum Gasteiger partial charge on any atom is -0.320 e. The van der Waals surface area contributed by atoms with Crippen molar-refractivity contribution in [3.05, 3.63) is 59.4 Å². The quantitative estimate of drug-likeness (QED) is 0.644. The molecule has 2 aromatic rings. The lowest BCUT2D eigenvalue weighted by molar-refractivity contribution is 0.453. The van der Waals surface area contributed by atoms with E-state index in [0.29, 0.717) is 36.7 Å². The third kappa shape index (κ3) is 3.55. The molecule has 1 aliphatic rings. The predicted molar refractivity (Wildman–Crippen MR) is 98.4 cm³/mol. The molecule has 2 aromatic carbocycles. The van der Waals surface area contributed by atoms with Gasteiger partial charge in [-0.2, -0.15) is 0 Å². The summed E-state index contributed by atoms with van der Waals surface area (Å²) in [7, 11) is -1.64. The Kier molecular flexibility index (Phi) is 5.47. The molecule has 0 aromatic heterocycles. The molecule has 26 heavy (non-hydrogen) atoms. The van der Waals surface area contributed by atoms with Gasteiger partial charge in [0.15, 0.2) is 5.82 Å². The van der Waals surface area contributed by atoms with Gasteiger partial charge in [-0.25, -0.2) is 17.5 Å². The van der Waals surface area contributed by atoms with Gasteiger partial charge in [0.05, 0.1) is 16.6 Å². The van der Waals surface area contributed by atoms with Gasteiger partial charge in [0.2, 0.25) is 0 Å². The van der Waals surface area contributed by atoms with E-state index in [-0.39, 0.29) is 12.1 Å². The van der Waals surface area contributed by atoms with Crippen LogP contribution in [-0.4, -0.2) is 27.9 Å². The molecule has 1 atom stereocenters. The maximum absolute atomic E-state index is 14.4. The number of nitrogens with zero attached hydrogens (tertiary/aromatic N) is 1. The molecule has 3 N–H and O–H groups in total. The second-order valence-corrected chi connectivity index (χ2v) is 8.45. The number of halogens is 3. The fraction of sp³-hybridized carbons (Fsp3) is 0.333. The fourth-order valence-electron chi connectivity index (χ4n) is 3.25. The summed E-state index contributed by atoms with van der Waals surface area (Å²) in [6, 6.07) is 6.82. The Hall–Kier alpha value is -1.74. The predicted octanol–water partition coefficient (Wildman–Crippen LogP) is 4.83. The second-order valence-electron chi connectivity index (χ2n) is 6.30. The first-order valence-electron chi connectivity index (χ1n) is 8.30. The molecule has 0 fully saturated rings. The average molecular weight is 386 g/mol. The van der Waals surface area contributed by atoms with Crippen LogP contribution in [0.4, 0.5) is 24.5 Å². The molecule has 0 amide bonds. The second kappa shape index (κ2) is 7.48. The third-order valence-corrected chi connectivity index (χ3v) is 6.73. The van der Waals surface area contributed by atoms with Crippen LogP contribution in [0.1, 0.15) is 18.4 Å². The van der Waals surface area contributed by atoms with Gasteiger partial charge in [-0.1, -0.05) is 0 Å². The zero-order valence-electron chi connectivity index (χ0n) is 14.3. The Labute approximate surface area is 152 Å². The smallest absolute Gasteiger partial charge is 0.151 e. The third-order valence-electron chi connectivity index (χ3n) is 4.51. The normalized spacial score (nSPS) is 19.9. The Morgan fingerprint density at radius 2 is 1.73 bits per heavy atom. The van der Waals surface area contributed by atoms with Crippen LogP contribution in [0.5, 0.6) is 0 Å². The molecule has 0 aliphatic carbocycles. The summed E-state index contributed by atoms with van der Waals surface area (Å²) in [6.45, 7) is 0.687. The van der Waals surface area contributed by atoms with Crippen molar-refractivity contribution in [3.8, 4) is 0 Å². The van der Waals surface area contributed by atoms with Crippen LogP contribution in [0.2, 0.25) is 0 Å². The van der Waals surface area contributed by atoms with Gasteiger partial charge in [0.25, 0.3) is 0 Å². The van der Waals surface area contributed by atoms with Gasteiger partial charge >= 0.3 is 0 Å². The first-order chi connectivity index (χ1) is 12.3. The number of hydrogen-bond donors (Lipinski definition) is 3. The zero-order chi connectivity index (χ0) is 18.9. The summed E-state index contributed by atoms with van der Waals surface area (Å²) in [6.07, 6.45) is 1.43. The highest BCUT2D eigenvalue weighted by atomic mass is 32.3. The van der Waals surface area contributed by atoms with E-state index < -0.39 is 33.5 Å². The molecular formula is C18H21F3N2O2S. The molecule has 1 unspecified atom stereocenters. The maximum atomic E-state index is 14.4. The topological polar surface area (TPSA) is 55.7 Å². The van der Waals surface area contributed by atoms with Crippen molar-refractivity contribution in [2.24, 2.45) is 0 Å². The Morgan fingerprint density at radius 3 is 2.38 bits per heavy atom. The monoisotopic (exact) mass is 386 g/mol. The zero-order valence-corrected chi connectivity index (χ0v) is 15.1. The van der Waals surface area contributed by atoms with Crippen LogP contribution in [0, 0.1) is 17.5 Å². The lowest BCUT2D eigenvalue weighted by atomic mass is 10.0. The van der Waals surface area contributed by atoms with E-state index in [1.807, 2.05) is 0 Å². The highest BCUT2D eigenvalue weighted by Crippen LogP contribution is 2.61. The average Bonchev–Trinajstić information content (AvgIpc) is 2.57. The standard InChI is InChI=1S/C18H21F3N2O2S/c1-22-8-2-3-15-10-12-9-13(19)4-6-17(12)23(26(15,24)25)18-7-5-14(20)11-16(18)21/h4-7,9,11,15,22,24-25H,2-3,8,10H2,1H3. The fourth-order valence-corrected chi connectivity index (χ4v) is 5.34. The van der Waals surface area contributed by atoms with E-state index in [9.17, 15) is 22.3 Å². The summed E-state index contributed by atoms with van der Waals surface area (Å²) in [5.41, 5.74) is 0.744. The maximum Gasteiger partial charge on any atom is 0.151 e.